The van der Waals surface area contributed by atoms with Crippen molar-refractivity contribution in [2.75, 3.05) is 25.1 Å². The Morgan fingerprint density at radius 3 is 2.91 bits per heavy atom. The second-order valence-electron chi connectivity index (χ2n) is 7.44. The third-order valence-corrected chi connectivity index (χ3v) is 7.23. The van der Waals surface area contributed by atoms with Gasteiger partial charge in [0.15, 0.2) is 6.61 Å². The SMILES string of the molecule is O=C(COc1cccc(/C=C2\SC(=S)N(C[C@H]3CCCO3)C2=O)c1)Nc1cccc(Cl)c1Cl. The molecule has 172 valence electrons. The molecule has 2 fully saturated rings. The van der Waals surface area contributed by atoms with Gasteiger partial charge in [0.2, 0.25) is 0 Å². The number of carbonyl (C=O) groups is 2. The van der Waals surface area contributed by atoms with Gasteiger partial charge in [-0.15, -0.1) is 0 Å². The summed E-state index contributed by atoms with van der Waals surface area (Å²) in [6.07, 6.45) is 3.75. The van der Waals surface area contributed by atoms with Gasteiger partial charge in [0.05, 0.1) is 33.3 Å². The van der Waals surface area contributed by atoms with Crippen LogP contribution in [0.15, 0.2) is 47.4 Å². The summed E-state index contributed by atoms with van der Waals surface area (Å²) in [6, 6.07) is 12.1. The molecule has 0 radical (unpaired) electrons. The summed E-state index contributed by atoms with van der Waals surface area (Å²) in [4.78, 5) is 27.2. The van der Waals surface area contributed by atoms with E-state index in [0.29, 0.717) is 32.2 Å². The molecular weight excluding hydrogens is 503 g/mol. The second-order valence-corrected chi connectivity index (χ2v) is 9.90. The van der Waals surface area contributed by atoms with Gasteiger partial charge in [-0.25, -0.2) is 0 Å². The molecule has 2 heterocycles. The van der Waals surface area contributed by atoms with E-state index in [4.69, 9.17) is 44.9 Å². The van der Waals surface area contributed by atoms with Crippen molar-refractivity contribution in [3.63, 3.8) is 0 Å². The van der Waals surface area contributed by atoms with Gasteiger partial charge in [-0.3, -0.25) is 14.5 Å². The van der Waals surface area contributed by atoms with Gasteiger partial charge >= 0.3 is 0 Å². The fourth-order valence-corrected chi connectivity index (χ4v) is 5.05. The first-order valence-corrected chi connectivity index (χ1v) is 12.2. The number of nitrogens with zero attached hydrogens (tertiary/aromatic N) is 1. The summed E-state index contributed by atoms with van der Waals surface area (Å²) in [6.45, 7) is 0.999. The van der Waals surface area contributed by atoms with Crippen molar-refractivity contribution < 1.29 is 19.1 Å². The van der Waals surface area contributed by atoms with Crippen molar-refractivity contribution in [2.24, 2.45) is 0 Å². The molecule has 2 saturated heterocycles. The Hall–Kier alpha value is -2.10. The van der Waals surface area contributed by atoms with Crippen LogP contribution in [-0.4, -0.2) is 46.9 Å². The number of carbonyl (C=O) groups excluding carboxylic acids is 2. The molecule has 6 nitrogen and oxygen atoms in total. The summed E-state index contributed by atoms with van der Waals surface area (Å²) >= 11 is 18.7. The highest BCUT2D eigenvalue weighted by molar-refractivity contribution is 8.26. The predicted octanol–water partition coefficient (Wildman–Crippen LogP) is 5.39. The van der Waals surface area contributed by atoms with Crippen molar-refractivity contribution in [2.45, 2.75) is 18.9 Å². The average molecular weight is 523 g/mol. The summed E-state index contributed by atoms with van der Waals surface area (Å²) in [5.74, 6) is -0.00454. The average Bonchev–Trinajstić information content (AvgIpc) is 3.40. The minimum Gasteiger partial charge on any atom is -0.484 e. The van der Waals surface area contributed by atoms with Crippen molar-refractivity contribution in [1.82, 2.24) is 4.90 Å². The Morgan fingerprint density at radius 1 is 1.30 bits per heavy atom. The molecule has 0 aliphatic carbocycles. The molecule has 2 amide bonds. The third-order valence-electron chi connectivity index (χ3n) is 5.04. The molecule has 2 aliphatic rings. The van der Waals surface area contributed by atoms with E-state index in [1.54, 1.807) is 47.4 Å². The molecule has 2 aliphatic heterocycles. The highest BCUT2D eigenvalue weighted by Crippen LogP contribution is 2.34. The number of hydrogen-bond acceptors (Lipinski definition) is 6. The first-order chi connectivity index (χ1) is 15.9. The van der Waals surface area contributed by atoms with Gasteiger partial charge in [-0.1, -0.05) is 65.4 Å². The minimum absolute atomic E-state index is 0.0384. The van der Waals surface area contributed by atoms with Crippen molar-refractivity contribution in [3.05, 3.63) is 63.0 Å². The number of thiocarbonyl (C=S) groups is 1. The van der Waals surface area contributed by atoms with E-state index in [1.807, 2.05) is 6.07 Å². The monoisotopic (exact) mass is 522 g/mol. The van der Waals surface area contributed by atoms with Crippen LogP contribution in [-0.2, 0) is 14.3 Å². The van der Waals surface area contributed by atoms with E-state index < -0.39 is 0 Å². The number of thioether (sulfide) groups is 1. The van der Waals surface area contributed by atoms with E-state index in [1.165, 1.54) is 11.8 Å². The third kappa shape index (κ3) is 6.07. The quantitative estimate of drug-likeness (QED) is 0.388. The maximum atomic E-state index is 12.8. The Balaban J connectivity index is 1.37. The zero-order valence-electron chi connectivity index (χ0n) is 17.4. The molecule has 0 unspecified atom stereocenters. The Bertz CT molecular complexity index is 1120. The van der Waals surface area contributed by atoms with Crippen LogP contribution in [0.3, 0.4) is 0 Å². The second kappa shape index (κ2) is 10.9. The fourth-order valence-electron chi connectivity index (χ4n) is 3.43. The van der Waals surface area contributed by atoms with Gasteiger partial charge in [0.1, 0.15) is 10.1 Å². The van der Waals surface area contributed by atoms with Gasteiger partial charge in [-0.05, 0) is 48.7 Å². The van der Waals surface area contributed by atoms with Gasteiger partial charge in [0, 0.05) is 6.61 Å². The number of anilines is 1. The smallest absolute Gasteiger partial charge is 0.266 e. The Morgan fingerprint density at radius 2 is 2.12 bits per heavy atom. The molecule has 1 atom stereocenters. The number of ether oxygens (including phenoxy) is 2. The standard InChI is InChI=1S/C23H20Cl2N2O4S2/c24-17-7-2-8-18(21(17)25)26-20(28)13-31-15-5-1-4-14(10-15)11-19-22(29)27(23(32)33-19)12-16-6-3-9-30-16/h1-2,4-5,7-8,10-11,16H,3,6,9,12-13H2,(H,26,28)/b19-11-/t16-/m1/s1. The van der Waals surface area contributed by atoms with Crippen LogP contribution in [0.1, 0.15) is 18.4 Å². The number of rotatable bonds is 7. The van der Waals surface area contributed by atoms with Gasteiger partial charge in [-0.2, -0.15) is 0 Å². The summed E-state index contributed by atoms with van der Waals surface area (Å²) in [7, 11) is 0. The molecule has 0 saturated carbocycles. The van der Waals surface area contributed by atoms with Crippen LogP contribution in [0.2, 0.25) is 10.0 Å². The van der Waals surface area contributed by atoms with Crippen LogP contribution in [0.5, 0.6) is 5.75 Å². The van der Waals surface area contributed by atoms with Crippen LogP contribution in [0.25, 0.3) is 6.08 Å². The summed E-state index contributed by atoms with van der Waals surface area (Å²) in [5.41, 5.74) is 1.18. The number of benzene rings is 2. The first kappa shape index (κ1) is 24.0. The van der Waals surface area contributed by atoms with E-state index in [-0.39, 0.29) is 29.5 Å². The lowest BCUT2D eigenvalue weighted by Crippen LogP contribution is -2.35. The van der Waals surface area contributed by atoms with E-state index in [0.717, 1.165) is 25.0 Å². The molecule has 33 heavy (non-hydrogen) atoms. The highest BCUT2D eigenvalue weighted by atomic mass is 35.5. The molecule has 2 aromatic rings. The van der Waals surface area contributed by atoms with Crippen LogP contribution < -0.4 is 10.1 Å². The largest absolute Gasteiger partial charge is 0.484 e. The topological polar surface area (TPSA) is 67.9 Å². The Kier molecular flexibility index (Phi) is 7.93. The van der Waals surface area contributed by atoms with Crippen LogP contribution >= 0.6 is 47.2 Å². The zero-order valence-corrected chi connectivity index (χ0v) is 20.5. The summed E-state index contributed by atoms with van der Waals surface area (Å²) in [5, 5.41) is 3.29. The molecule has 1 N–H and O–H groups in total. The lowest BCUT2D eigenvalue weighted by Gasteiger charge is -2.18. The fraction of sp³-hybridized carbons (Fsp3) is 0.261. The lowest BCUT2D eigenvalue weighted by molar-refractivity contribution is -0.123. The normalized spacial score (nSPS) is 19.4. The maximum Gasteiger partial charge on any atom is 0.266 e. The molecular formula is C23H20Cl2N2O4S2. The van der Waals surface area contributed by atoms with E-state index in [9.17, 15) is 9.59 Å². The first-order valence-electron chi connectivity index (χ1n) is 10.2. The van der Waals surface area contributed by atoms with Crippen molar-refractivity contribution >= 4 is 75.1 Å². The molecule has 4 rings (SSSR count). The van der Waals surface area contributed by atoms with Gasteiger partial charge < -0.3 is 14.8 Å². The Labute approximate surface area is 211 Å². The lowest BCUT2D eigenvalue weighted by atomic mass is 10.2. The minimum atomic E-state index is -0.375. The number of nitrogens with one attached hydrogen (secondary N) is 1. The highest BCUT2D eigenvalue weighted by Gasteiger charge is 2.34. The predicted molar refractivity (Wildman–Crippen MR) is 136 cm³/mol. The molecule has 0 spiro atoms. The number of halogens is 2. The molecule has 0 aromatic heterocycles. The van der Waals surface area contributed by atoms with Crippen molar-refractivity contribution in [3.8, 4) is 5.75 Å². The van der Waals surface area contributed by atoms with Crippen LogP contribution in [0.4, 0.5) is 5.69 Å². The van der Waals surface area contributed by atoms with Crippen molar-refractivity contribution in [1.29, 1.82) is 0 Å². The zero-order chi connectivity index (χ0) is 23.4. The summed E-state index contributed by atoms with van der Waals surface area (Å²) < 4.78 is 11.8. The van der Waals surface area contributed by atoms with Crippen LogP contribution in [0, 0.1) is 0 Å². The van der Waals surface area contributed by atoms with E-state index >= 15 is 0 Å². The molecule has 2 aromatic carbocycles. The number of amides is 2. The van der Waals surface area contributed by atoms with E-state index in [2.05, 4.69) is 5.32 Å². The van der Waals surface area contributed by atoms with Gasteiger partial charge in [0.25, 0.3) is 11.8 Å². The maximum absolute atomic E-state index is 12.8. The number of hydrogen-bond donors (Lipinski definition) is 1. The molecule has 0 bridgehead atoms. The molecule has 10 heteroatoms.